The van der Waals surface area contributed by atoms with Gasteiger partial charge in [0.1, 0.15) is 11.6 Å². The number of hydrogen-bond acceptors (Lipinski definition) is 4. The summed E-state index contributed by atoms with van der Waals surface area (Å²) in [5.74, 6) is 3.28. The molecule has 0 aliphatic heterocycles. The smallest absolute Gasteiger partial charge is 0.116 e. The minimum atomic E-state index is -0.600. The summed E-state index contributed by atoms with van der Waals surface area (Å²) in [6.45, 7) is 11.0. The Bertz CT molecular complexity index is 296. The SMILES string of the molecule is CCC(C)(CC(C)C)ONC(C)(C#CO)CNC. The fourth-order valence-electron chi connectivity index (χ4n) is 1.94. The third-order valence-electron chi connectivity index (χ3n) is 2.97. The first kappa shape index (κ1) is 17.2. The van der Waals surface area contributed by atoms with Crippen molar-refractivity contribution in [1.29, 1.82) is 0 Å². The molecule has 0 aromatic heterocycles. The van der Waals surface area contributed by atoms with Gasteiger partial charge in [0.15, 0.2) is 0 Å². The van der Waals surface area contributed by atoms with Gasteiger partial charge in [-0.3, -0.25) is 4.84 Å². The van der Waals surface area contributed by atoms with Gasteiger partial charge in [0.25, 0.3) is 0 Å². The van der Waals surface area contributed by atoms with E-state index in [0.29, 0.717) is 12.5 Å². The van der Waals surface area contributed by atoms with Crippen LogP contribution in [0.1, 0.15) is 47.5 Å². The van der Waals surface area contributed by atoms with Gasteiger partial charge in [0, 0.05) is 6.54 Å². The lowest BCUT2D eigenvalue weighted by Crippen LogP contribution is -2.52. The number of nitrogens with one attached hydrogen (secondary N) is 2. The molecule has 2 atom stereocenters. The first-order valence-corrected chi connectivity index (χ1v) is 6.57. The van der Waals surface area contributed by atoms with E-state index < -0.39 is 5.54 Å². The van der Waals surface area contributed by atoms with Gasteiger partial charge < -0.3 is 10.4 Å². The zero-order chi connectivity index (χ0) is 14.2. The minimum Gasteiger partial charge on any atom is -0.462 e. The van der Waals surface area contributed by atoms with E-state index in [0.717, 1.165) is 12.8 Å². The van der Waals surface area contributed by atoms with Gasteiger partial charge in [-0.2, -0.15) is 5.48 Å². The molecule has 0 aliphatic carbocycles. The third kappa shape index (κ3) is 6.25. The predicted molar refractivity (Wildman–Crippen MR) is 74.4 cm³/mol. The lowest BCUT2D eigenvalue weighted by molar-refractivity contribution is -0.129. The topological polar surface area (TPSA) is 53.5 Å². The summed E-state index contributed by atoms with van der Waals surface area (Å²) < 4.78 is 0. The molecule has 0 bridgehead atoms. The molecule has 18 heavy (non-hydrogen) atoms. The second-order valence-corrected chi connectivity index (χ2v) is 5.70. The third-order valence-corrected chi connectivity index (χ3v) is 2.97. The molecular formula is C14H28N2O2. The Hall–Kier alpha value is -0.760. The molecule has 0 saturated carbocycles. The van der Waals surface area contributed by atoms with E-state index in [1.165, 1.54) is 0 Å². The monoisotopic (exact) mass is 256 g/mol. The van der Waals surface area contributed by atoms with Gasteiger partial charge in [-0.25, -0.2) is 0 Å². The standard InChI is InChI=1S/C14H28N2O2/c1-7-14(5,10-12(2)3)18-16-13(4,8-9-17)11-15-6/h12,15-17H,7,10-11H2,1-6H3. The van der Waals surface area contributed by atoms with E-state index >= 15 is 0 Å². The molecule has 0 fully saturated rings. The van der Waals surface area contributed by atoms with Crippen molar-refractivity contribution in [3.63, 3.8) is 0 Å². The second-order valence-electron chi connectivity index (χ2n) is 5.70. The van der Waals surface area contributed by atoms with E-state index in [-0.39, 0.29) is 5.60 Å². The molecule has 3 N–H and O–H groups in total. The number of aliphatic hydroxyl groups is 1. The van der Waals surface area contributed by atoms with Crippen molar-refractivity contribution < 1.29 is 9.94 Å². The molecule has 0 aromatic rings. The van der Waals surface area contributed by atoms with E-state index in [1.807, 2.05) is 20.1 Å². The van der Waals surface area contributed by atoms with E-state index in [1.54, 1.807) is 0 Å². The van der Waals surface area contributed by atoms with Gasteiger partial charge >= 0.3 is 0 Å². The molecular weight excluding hydrogens is 228 g/mol. The Morgan fingerprint density at radius 2 is 1.94 bits per heavy atom. The molecule has 0 saturated heterocycles. The molecule has 0 heterocycles. The Balaban J connectivity index is 4.60. The minimum absolute atomic E-state index is 0.222. The number of hydrogen-bond donors (Lipinski definition) is 3. The van der Waals surface area contributed by atoms with Gasteiger partial charge in [0.05, 0.1) is 5.60 Å². The Labute approximate surface area is 111 Å². The van der Waals surface area contributed by atoms with Crippen molar-refractivity contribution >= 4 is 0 Å². The van der Waals surface area contributed by atoms with Crippen molar-refractivity contribution in [2.75, 3.05) is 13.6 Å². The quantitative estimate of drug-likeness (QED) is 0.459. The van der Waals surface area contributed by atoms with Crippen molar-refractivity contribution in [2.45, 2.75) is 58.6 Å². The van der Waals surface area contributed by atoms with Crippen LogP contribution in [0.3, 0.4) is 0 Å². The van der Waals surface area contributed by atoms with Gasteiger partial charge in [0.2, 0.25) is 0 Å². The number of likely N-dealkylation sites (N-methyl/N-ethyl adjacent to an activating group) is 1. The number of hydroxylamine groups is 1. The molecule has 0 amide bonds. The van der Waals surface area contributed by atoms with Crippen LogP contribution >= 0.6 is 0 Å². The van der Waals surface area contributed by atoms with Gasteiger partial charge in [-0.05, 0) is 45.6 Å². The molecule has 0 radical (unpaired) electrons. The Kier molecular flexibility index (Phi) is 7.30. The molecule has 0 aliphatic rings. The molecule has 0 aromatic carbocycles. The van der Waals surface area contributed by atoms with E-state index in [9.17, 15) is 0 Å². The maximum atomic E-state index is 8.78. The Morgan fingerprint density at radius 1 is 1.33 bits per heavy atom. The Morgan fingerprint density at radius 3 is 2.33 bits per heavy atom. The number of aliphatic hydroxyl groups excluding tert-OH is 1. The van der Waals surface area contributed by atoms with Crippen LogP contribution in [0.15, 0.2) is 0 Å². The summed E-state index contributed by atoms with van der Waals surface area (Å²) in [7, 11) is 1.84. The average molecular weight is 256 g/mol. The average Bonchev–Trinajstić information content (AvgIpc) is 2.27. The summed E-state index contributed by atoms with van der Waals surface area (Å²) in [5, 5.41) is 11.8. The van der Waals surface area contributed by atoms with Crippen molar-refractivity contribution in [2.24, 2.45) is 5.92 Å². The fourth-order valence-corrected chi connectivity index (χ4v) is 1.94. The van der Waals surface area contributed by atoms with Crippen LogP contribution in [0.2, 0.25) is 0 Å². The summed E-state index contributed by atoms with van der Waals surface area (Å²) in [5.41, 5.74) is 2.18. The first-order valence-electron chi connectivity index (χ1n) is 6.57. The molecule has 0 spiro atoms. The zero-order valence-electron chi connectivity index (χ0n) is 12.6. The van der Waals surface area contributed by atoms with Crippen LogP contribution in [0.25, 0.3) is 0 Å². The van der Waals surface area contributed by atoms with Crippen LogP contribution in [-0.4, -0.2) is 29.8 Å². The van der Waals surface area contributed by atoms with E-state index in [4.69, 9.17) is 9.94 Å². The maximum Gasteiger partial charge on any atom is 0.116 e. The maximum absolute atomic E-state index is 8.78. The zero-order valence-corrected chi connectivity index (χ0v) is 12.6. The van der Waals surface area contributed by atoms with Gasteiger partial charge in [-0.1, -0.05) is 20.8 Å². The lowest BCUT2D eigenvalue weighted by atomic mass is 9.92. The summed E-state index contributed by atoms with van der Waals surface area (Å²) in [6, 6.07) is 0. The van der Waals surface area contributed by atoms with Crippen LogP contribution in [-0.2, 0) is 4.84 Å². The van der Waals surface area contributed by atoms with Crippen LogP contribution in [0.5, 0.6) is 0 Å². The van der Waals surface area contributed by atoms with Crippen LogP contribution in [0, 0.1) is 17.9 Å². The largest absolute Gasteiger partial charge is 0.462 e. The highest BCUT2D eigenvalue weighted by Crippen LogP contribution is 2.24. The highest BCUT2D eigenvalue weighted by atomic mass is 16.7. The first-order chi connectivity index (χ1) is 8.31. The van der Waals surface area contributed by atoms with Gasteiger partial charge in [-0.15, -0.1) is 0 Å². The molecule has 4 nitrogen and oxygen atoms in total. The van der Waals surface area contributed by atoms with E-state index in [2.05, 4.69) is 44.4 Å². The molecule has 106 valence electrons. The highest BCUT2D eigenvalue weighted by Gasteiger charge is 2.29. The van der Waals surface area contributed by atoms with Crippen LogP contribution in [0.4, 0.5) is 0 Å². The molecule has 0 rings (SSSR count). The summed E-state index contributed by atoms with van der Waals surface area (Å²) in [4.78, 5) is 5.86. The van der Waals surface area contributed by atoms with Crippen molar-refractivity contribution in [3.8, 4) is 12.0 Å². The summed E-state index contributed by atoms with van der Waals surface area (Å²) >= 11 is 0. The second kappa shape index (κ2) is 7.63. The molecule has 2 unspecified atom stereocenters. The highest BCUT2D eigenvalue weighted by molar-refractivity contribution is 5.12. The fraction of sp³-hybridized carbons (Fsp3) is 0.857. The predicted octanol–water partition coefficient (Wildman–Crippen LogP) is 2.03. The normalized spacial score (nSPS) is 17.7. The molecule has 4 heteroatoms. The van der Waals surface area contributed by atoms with Crippen LogP contribution < -0.4 is 10.8 Å². The van der Waals surface area contributed by atoms with Crippen molar-refractivity contribution in [3.05, 3.63) is 0 Å². The number of rotatable bonds is 8. The summed E-state index contributed by atoms with van der Waals surface area (Å²) in [6.07, 6.45) is 3.84. The van der Waals surface area contributed by atoms with Crippen molar-refractivity contribution in [1.82, 2.24) is 10.8 Å². The lowest BCUT2D eigenvalue weighted by Gasteiger charge is -2.34.